The largest absolute Gasteiger partial charge is 0.365 e. The van der Waals surface area contributed by atoms with E-state index in [2.05, 4.69) is 33.6 Å². The molecule has 2 heterocycles. The smallest absolute Gasteiger partial charge is 0.137 e. The number of aromatic nitrogens is 2. The highest BCUT2D eigenvalue weighted by Gasteiger charge is 2.21. The third-order valence-electron chi connectivity index (χ3n) is 3.63. The maximum Gasteiger partial charge on any atom is 0.137 e. The van der Waals surface area contributed by atoms with Crippen molar-refractivity contribution in [2.75, 3.05) is 11.9 Å². The second kappa shape index (κ2) is 4.90. The lowest BCUT2D eigenvalue weighted by molar-refractivity contribution is 0.389. The highest BCUT2D eigenvalue weighted by molar-refractivity contribution is 5.88. The van der Waals surface area contributed by atoms with Crippen LogP contribution in [0.4, 0.5) is 5.82 Å². The zero-order chi connectivity index (χ0) is 12.4. The van der Waals surface area contributed by atoms with Crippen molar-refractivity contribution >= 4 is 16.7 Å². The molecule has 0 spiro atoms. The standard InChI is InChI=1S/C14H18N4/c1-10-12(7-4-8-15-10)18-14-11-5-2-3-6-13(11)16-9-17-14/h2-3,5-6,9-10,12,15H,4,7-8H2,1H3,(H,16,17,18). The first-order chi connectivity index (χ1) is 8.84. The van der Waals surface area contributed by atoms with Crippen LogP contribution in [0.3, 0.4) is 0 Å². The number of piperidine rings is 1. The molecule has 94 valence electrons. The lowest BCUT2D eigenvalue weighted by Gasteiger charge is -2.31. The van der Waals surface area contributed by atoms with Gasteiger partial charge in [0.2, 0.25) is 0 Å². The summed E-state index contributed by atoms with van der Waals surface area (Å²) in [7, 11) is 0. The number of hydrogen-bond donors (Lipinski definition) is 2. The second-order valence-electron chi connectivity index (χ2n) is 4.88. The molecule has 4 heteroatoms. The van der Waals surface area contributed by atoms with Crippen molar-refractivity contribution in [3.63, 3.8) is 0 Å². The summed E-state index contributed by atoms with van der Waals surface area (Å²) < 4.78 is 0. The van der Waals surface area contributed by atoms with Crippen LogP contribution in [-0.2, 0) is 0 Å². The number of benzene rings is 1. The van der Waals surface area contributed by atoms with Gasteiger partial charge in [-0.15, -0.1) is 0 Å². The number of anilines is 1. The minimum Gasteiger partial charge on any atom is -0.365 e. The molecule has 0 aliphatic carbocycles. The van der Waals surface area contributed by atoms with E-state index in [1.165, 1.54) is 12.8 Å². The molecule has 0 radical (unpaired) electrons. The third-order valence-corrected chi connectivity index (χ3v) is 3.63. The van der Waals surface area contributed by atoms with E-state index in [1.54, 1.807) is 6.33 Å². The fourth-order valence-electron chi connectivity index (χ4n) is 2.54. The Morgan fingerprint density at radius 3 is 3.06 bits per heavy atom. The molecule has 0 bridgehead atoms. The average molecular weight is 242 g/mol. The summed E-state index contributed by atoms with van der Waals surface area (Å²) >= 11 is 0. The first-order valence-corrected chi connectivity index (χ1v) is 6.54. The van der Waals surface area contributed by atoms with Crippen LogP contribution in [0.2, 0.25) is 0 Å². The quantitative estimate of drug-likeness (QED) is 0.847. The monoisotopic (exact) mass is 242 g/mol. The average Bonchev–Trinajstić information content (AvgIpc) is 2.42. The minimum absolute atomic E-state index is 0.442. The molecule has 2 unspecified atom stereocenters. The lowest BCUT2D eigenvalue weighted by atomic mass is 10.00. The summed E-state index contributed by atoms with van der Waals surface area (Å²) in [6.07, 6.45) is 4.03. The molecule has 2 aromatic rings. The van der Waals surface area contributed by atoms with Gasteiger partial charge in [0.05, 0.1) is 5.52 Å². The summed E-state index contributed by atoms with van der Waals surface area (Å²) in [6.45, 7) is 3.34. The van der Waals surface area contributed by atoms with Crippen molar-refractivity contribution in [2.24, 2.45) is 0 Å². The number of fused-ring (bicyclic) bond motifs is 1. The van der Waals surface area contributed by atoms with Gasteiger partial charge in [0.1, 0.15) is 12.1 Å². The summed E-state index contributed by atoms with van der Waals surface area (Å²) in [6, 6.07) is 9.04. The molecule has 2 atom stereocenters. The Hall–Kier alpha value is -1.68. The van der Waals surface area contributed by atoms with E-state index < -0.39 is 0 Å². The third kappa shape index (κ3) is 2.16. The first kappa shape index (κ1) is 11.4. The molecule has 0 saturated carbocycles. The van der Waals surface area contributed by atoms with Gasteiger partial charge in [-0.1, -0.05) is 12.1 Å². The van der Waals surface area contributed by atoms with Gasteiger partial charge >= 0.3 is 0 Å². The van der Waals surface area contributed by atoms with E-state index in [9.17, 15) is 0 Å². The molecule has 2 N–H and O–H groups in total. The fourth-order valence-corrected chi connectivity index (χ4v) is 2.54. The van der Waals surface area contributed by atoms with Crippen molar-refractivity contribution in [1.82, 2.24) is 15.3 Å². The van der Waals surface area contributed by atoms with Gasteiger partial charge in [-0.3, -0.25) is 0 Å². The number of para-hydroxylation sites is 1. The van der Waals surface area contributed by atoms with Crippen LogP contribution in [0.1, 0.15) is 19.8 Å². The molecule has 1 saturated heterocycles. The molecular weight excluding hydrogens is 224 g/mol. The van der Waals surface area contributed by atoms with Gasteiger partial charge in [-0.2, -0.15) is 0 Å². The summed E-state index contributed by atoms with van der Waals surface area (Å²) in [5.74, 6) is 0.946. The van der Waals surface area contributed by atoms with Crippen molar-refractivity contribution < 1.29 is 0 Å². The Bertz CT molecular complexity index is 535. The summed E-state index contributed by atoms with van der Waals surface area (Å²) in [4.78, 5) is 8.67. The predicted octanol–water partition coefficient (Wildman–Crippen LogP) is 2.18. The van der Waals surface area contributed by atoms with Crippen molar-refractivity contribution in [1.29, 1.82) is 0 Å². The Morgan fingerprint density at radius 2 is 2.17 bits per heavy atom. The Kier molecular flexibility index (Phi) is 3.11. The number of rotatable bonds is 2. The normalized spacial score (nSPS) is 24.1. The summed E-state index contributed by atoms with van der Waals surface area (Å²) in [5.41, 5.74) is 0.992. The highest BCUT2D eigenvalue weighted by Crippen LogP contribution is 2.21. The zero-order valence-corrected chi connectivity index (χ0v) is 10.6. The maximum absolute atomic E-state index is 4.39. The fraction of sp³-hybridized carbons (Fsp3) is 0.429. The van der Waals surface area contributed by atoms with Gasteiger partial charge < -0.3 is 10.6 Å². The van der Waals surface area contributed by atoms with Crippen LogP contribution in [-0.4, -0.2) is 28.6 Å². The second-order valence-corrected chi connectivity index (χ2v) is 4.88. The number of nitrogens with one attached hydrogen (secondary N) is 2. The van der Waals surface area contributed by atoms with Gasteiger partial charge in [-0.05, 0) is 38.4 Å². The topological polar surface area (TPSA) is 49.8 Å². The Balaban J connectivity index is 1.90. The van der Waals surface area contributed by atoms with Crippen molar-refractivity contribution in [3.8, 4) is 0 Å². The molecule has 4 nitrogen and oxygen atoms in total. The molecular formula is C14H18N4. The Labute approximate surface area is 107 Å². The van der Waals surface area contributed by atoms with Crippen LogP contribution < -0.4 is 10.6 Å². The van der Waals surface area contributed by atoms with Crippen LogP contribution in [0.25, 0.3) is 10.9 Å². The predicted molar refractivity (Wildman–Crippen MR) is 73.6 cm³/mol. The molecule has 1 aliphatic rings. The minimum atomic E-state index is 0.442. The molecule has 1 aliphatic heterocycles. The molecule has 0 amide bonds. The zero-order valence-electron chi connectivity index (χ0n) is 10.6. The lowest BCUT2D eigenvalue weighted by Crippen LogP contribution is -2.46. The van der Waals surface area contributed by atoms with Gasteiger partial charge in [0.15, 0.2) is 0 Å². The first-order valence-electron chi connectivity index (χ1n) is 6.54. The molecule has 1 aromatic heterocycles. The van der Waals surface area contributed by atoms with Crippen LogP contribution in [0.5, 0.6) is 0 Å². The molecule has 3 rings (SSSR count). The molecule has 1 aromatic carbocycles. The van der Waals surface area contributed by atoms with Crippen molar-refractivity contribution in [2.45, 2.75) is 31.8 Å². The van der Waals surface area contributed by atoms with Crippen LogP contribution in [0.15, 0.2) is 30.6 Å². The SMILES string of the molecule is CC1NCCCC1Nc1ncnc2ccccc12. The highest BCUT2D eigenvalue weighted by atomic mass is 15.1. The Morgan fingerprint density at radius 1 is 1.28 bits per heavy atom. The van der Waals surface area contributed by atoms with Gasteiger partial charge in [-0.25, -0.2) is 9.97 Å². The van der Waals surface area contributed by atoms with Gasteiger partial charge in [0.25, 0.3) is 0 Å². The van der Waals surface area contributed by atoms with E-state index >= 15 is 0 Å². The number of nitrogens with zero attached hydrogens (tertiary/aromatic N) is 2. The van der Waals surface area contributed by atoms with Gasteiger partial charge in [0, 0.05) is 17.5 Å². The van der Waals surface area contributed by atoms with E-state index in [0.717, 1.165) is 23.3 Å². The number of hydrogen-bond acceptors (Lipinski definition) is 4. The van der Waals surface area contributed by atoms with Crippen LogP contribution in [0, 0.1) is 0 Å². The van der Waals surface area contributed by atoms with Crippen LogP contribution >= 0.6 is 0 Å². The molecule has 1 fully saturated rings. The summed E-state index contributed by atoms with van der Waals surface area (Å²) in [5, 5.41) is 8.15. The molecule has 18 heavy (non-hydrogen) atoms. The van der Waals surface area contributed by atoms with E-state index in [1.807, 2.05) is 18.2 Å². The van der Waals surface area contributed by atoms with E-state index in [4.69, 9.17) is 0 Å². The van der Waals surface area contributed by atoms with E-state index in [-0.39, 0.29) is 0 Å². The van der Waals surface area contributed by atoms with Crippen molar-refractivity contribution in [3.05, 3.63) is 30.6 Å². The maximum atomic E-state index is 4.39. The van der Waals surface area contributed by atoms with E-state index in [0.29, 0.717) is 12.1 Å².